The Bertz CT molecular complexity index is 950. The average molecular weight is 397 g/mol. The van der Waals surface area contributed by atoms with E-state index < -0.39 is 0 Å². The molecule has 0 saturated carbocycles. The quantitative estimate of drug-likeness (QED) is 0.418. The minimum atomic E-state index is 0.184. The number of nitrogen functional groups attached to an aromatic ring is 1. The van der Waals surface area contributed by atoms with Crippen molar-refractivity contribution in [2.45, 2.75) is 46.2 Å². The molecule has 7 heteroatoms. The highest BCUT2D eigenvalue weighted by molar-refractivity contribution is 7.80. The smallest absolute Gasteiger partial charge is 0.166 e. The van der Waals surface area contributed by atoms with Crippen LogP contribution in [-0.2, 0) is 6.54 Å². The fourth-order valence-electron chi connectivity index (χ4n) is 3.30. The number of aromatic nitrogens is 3. The summed E-state index contributed by atoms with van der Waals surface area (Å²) in [7, 11) is 0. The highest BCUT2D eigenvalue weighted by Gasteiger charge is 2.12. The highest BCUT2D eigenvalue weighted by Crippen LogP contribution is 2.24. The van der Waals surface area contributed by atoms with E-state index in [1.54, 1.807) is 0 Å². The molecule has 0 bridgehead atoms. The lowest BCUT2D eigenvalue weighted by atomic mass is 10.1. The third-order valence-corrected chi connectivity index (χ3v) is 5.29. The highest BCUT2D eigenvalue weighted by atomic mass is 32.1. The topological polar surface area (TPSA) is 80.8 Å². The zero-order chi connectivity index (χ0) is 20.1. The Morgan fingerprint density at radius 1 is 1.21 bits per heavy atom. The van der Waals surface area contributed by atoms with E-state index in [1.165, 1.54) is 5.56 Å². The molecule has 0 spiro atoms. The van der Waals surface area contributed by atoms with Crippen LogP contribution in [0, 0.1) is 13.8 Å². The number of fused-ring (bicyclic) bond motifs is 1. The van der Waals surface area contributed by atoms with Crippen LogP contribution in [0.1, 0.15) is 42.6 Å². The van der Waals surface area contributed by atoms with Crippen molar-refractivity contribution in [2.24, 2.45) is 0 Å². The van der Waals surface area contributed by atoms with Gasteiger partial charge >= 0.3 is 0 Å². The van der Waals surface area contributed by atoms with Crippen LogP contribution in [0.25, 0.3) is 11.0 Å². The molecule has 1 aromatic carbocycles. The number of anilines is 1. The van der Waals surface area contributed by atoms with Gasteiger partial charge in [-0.25, -0.2) is 9.97 Å². The van der Waals surface area contributed by atoms with Gasteiger partial charge in [-0.15, -0.1) is 0 Å². The van der Waals surface area contributed by atoms with Crippen molar-refractivity contribution in [3.05, 3.63) is 53.5 Å². The minimum absolute atomic E-state index is 0.184. The zero-order valence-electron chi connectivity index (χ0n) is 16.7. The van der Waals surface area contributed by atoms with Crippen molar-refractivity contribution in [1.29, 1.82) is 0 Å². The number of nitrogens with two attached hydrogens (primary N) is 1. The summed E-state index contributed by atoms with van der Waals surface area (Å²) in [6.07, 6.45) is 3.89. The summed E-state index contributed by atoms with van der Waals surface area (Å²) in [4.78, 5) is 8.80. The van der Waals surface area contributed by atoms with Gasteiger partial charge in [-0.05, 0) is 57.0 Å². The molecule has 2 heterocycles. The van der Waals surface area contributed by atoms with E-state index in [2.05, 4.69) is 51.1 Å². The lowest BCUT2D eigenvalue weighted by Gasteiger charge is -2.17. The fraction of sp³-hybridized carbons (Fsp3) is 0.381. The summed E-state index contributed by atoms with van der Waals surface area (Å²) in [5, 5.41) is 7.31. The molecule has 0 aliphatic carbocycles. The Kier molecular flexibility index (Phi) is 6.46. The number of thiocarbonyl (C=S) groups is 1. The minimum Gasteiger partial charge on any atom is -0.382 e. The van der Waals surface area contributed by atoms with Crippen LogP contribution in [0.3, 0.4) is 0 Å². The molecule has 0 radical (unpaired) electrons. The first-order valence-corrected chi connectivity index (χ1v) is 10.0. The SMILES string of the molecule is Cc1nc(N)c2ncn(CCCCNC(=S)NC(C)c3ccccc3)c2c1C. The first-order valence-electron chi connectivity index (χ1n) is 9.64. The van der Waals surface area contributed by atoms with E-state index in [-0.39, 0.29) is 6.04 Å². The normalized spacial score (nSPS) is 12.1. The number of aryl methyl sites for hydroxylation is 3. The number of rotatable bonds is 7. The van der Waals surface area contributed by atoms with Crippen molar-refractivity contribution >= 4 is 34.2 Å². The van der Waals surface area contributed by atoms with Crippen LogP contribution < -0.4 is 16.4 Å². The molecule has 4 N–H and O–H groups in total. The predicted octanol–water partition coefficient (Wildman–Crippen LogP) is 3.64. The number of pyridine rings is 1. The van der Waals surface area contributed by atoms with Gasteiger partial charge in [0.2, 0.25) is 0 Å². The van der Waals surface area contributed by atoms with E-state index in [9.17, 15) is 0 Å². The van der Waals surface area contributed by atoms with E-state index in [0.717, 1.165) is 48.2 Å². The second kappa shape index (κ2) is 9.01. The molecule has 1 unspecified atom stereocenters. The maximum Gasteiger partial charge on any atom is 0.166 e. The summed E-state index contributed by atoms with van der Waals surface area (Å²) in [5.74, 6) is 0.502. The van der Waals surface area contributed by atoms with Gasteiger partial charge in [-0.3, -0.25) is 0 Å². The van der Waals surface area contributed by atoms with E-state index in [4.69, 9.17) is 18.0 Å². The first-order chi connectivity index (χ1) is 13.5. The number of nitrogens with zero attached hydrogens (tertiary/aromatic N) is 3. The summed E-state index contributed by atoms with van der Waals surface area (Å²) in [5.41, 5.74) is 11.2. The molecule has 3 rings (SSSR count). The molecular formula is C21H28N6S. The molecule has 0 aliphatic rings. The number of hydrogen-bond donors (Lipinski definition) is 3. The average Bonchev–Trinajstić information content (AvgIpc) is 3.11. The number of nitrogens with one attached hydrogen (secondary N) is 2. The molecule has 0 amide bonds. The van der Waals surface area contributed by atoms with Gasteiger partial charge < -0.3 is 20.9 Å². The van der Waals surface area contributed by atoms with Crippen molar-refractivity contribution in [1.82, 2.24) is 25.2 Å². The third kappa shape index (κ3) is 4.59. The summed E-state index contributed by atoms with van der Waals surface area (Å²) < 4.78 is 2.17. The van der Waals surface area contributed by atoms with Crippen molar-refractivity contribution in [3.8, 4) is 0 Å². The van der Waals surface area contributed by atoms with Crippen LogP contribution in [-0.4, -0.2) is 26.2 Å². The van der Waals surface area contributed by atoms with Gasteiger partial charge in [-0.2, -0.15) is 0 Å². The summed E-state index contributed by atoms with van der Waals surface area (Å²) >= 11 is 5.41. The maximum absolute atomic E-state index is 6.01. The second-order valence-electron chi connectivity index (χ2n) is 7.08. The van der Waals surface area contributed by atoms with Crippen LogP contribution in [0.15, 0.2) is 36.7 Å². The van der Waals surface area contributed by atoms with Gasteiger partial charge in [0.1, 0.15) is 5.52 Å². The molecule has 1 atom stereocenters. The maximum atomic E-state index is 6.01. The number of imidazole rings is 1. The van der Waals surface area contributed by atoms with Crippen molar-refractivity contribution in [2.75, 3.05) is 12.3 Å². The first kappa shape index (κ1) is 20.1. The molecule has 6 nitrogen and oxygen atoms in total. The van der Waals surface area contributed by atoms with Gasteiger partial charge in [-0.1, -0.05) is 30.3 Å². The molecule has 0 aliphatic heterocycles. The molecule has 2 aromatic heterocycles. The Hall–Kier alpha value is -2.67. The monoisotopic (exact) mass is 396 g/mol. The second-order valence-corrected chi connectivity index (χ2v) is 7.49. The van der Waals surface area contributed by atoms with E-state index in [0.29, 0.717) is 10.9 Å². The number of unbranched alkanes of at least 4 members (excludes halogenated alkanes) is 1. The third-order valence-electron chi connectivity index (χ3n) is 5.02. The van der Waals surface area contributed by atoms with Crippen molar-refractivity contribution < 1.29 is 0 Å². The van der Waals surface area contributed by atoms with Gasteiger partial charge in [0.05, 0.1) is 17.9 Å². The van der Waals surface area contributed by atoms with Gasteiger partial charge in [0.25, 0.3) is 0 Å². The Morgan fingerprint density at radius 3 is 2.71 bits per heavy atom. The fourth-order valence-corrected chi connectivity index (χ4v) is 3.58. The van der Waals surface area contributed by atoms with Crippen LogP contribution >= 0.6 is 12.2 Å². The van der Waals surface area contributed by atoms with Crippen LogP contribution in [0.5, 0.6) is 0 Å². The largest absolute Gasteiger partial charge is 0.382 e. The Labute approximate surface area is 171 Å². The molecule has 3 aromatic rings. The van der Waals surface area contributed by atoms with E-state index in [1.807, 2.05) is 31.5 Å². The molecule has 28 heavy (non-hydrogen) atoms. The zero-order valence-corrected chi connectivity index (χ0v) is 17.5. The summed E-state index contributed by atoms with van der Waals surface area (Å²) in [6, 6.07) is 10.5. The Balaban J connectivity index is 1.45. The lowest BCUT2D eigenvalue weighted by Crippen LogP contribution is -2.37. The number of hydrogen-bond acceptors (Lipinski definition) is 4. The van der Waals surface area contributed by atoms with E-state index >= 15 is 0 Å². The molecule has 0 fully saturated rings. The number of benzene rings is 1. The molecule has 148 valence electrons. The standard InChI is InChI=1S/C21H28N6S/c1-14-15(2)25-20(22)18-19(14)27(13-24-18)12-8-7-11-23-21(28)26-16(3)17-9-5-4-6-10-17/h4-6,9-10,13,16H,7-8,11-12H2,1-3H3,(H2,22,25)(H2,23,26,28). The lowest BCUT2D eigenvalue weighted by molar-refractivity contribution is 0.606. The summed E-state index contributed by atoms with van der Waals surface area (Å²) in [6.45, 7) is 7.89. The molecule has 0 saturated heterocycles. The van der Waals surface area contributed by atoms with Crippen LogP contribution in [0.4, 0.5) is 5.82 Å². The van der Waals surface area contributed by atoms with Crippen LogP contribution in [0.2, 0.25) is 0 Å². The van der Waals surface area contributed by atoms with Crippen molar-refractivity contribution in [3.63, 3.8) is 0 Å². The Morgan fingerprint density at radius 2 is 1.96 bits per heavy atom. The van der Waals surface area contributed by atoms with Gasteiger partial charge in [0.15, 0.2) is 10.9 Å². The predicted molar refractivity (Wildman–Crippen MR) is 119 cm³/mol. The molecular weight excluding hydrogens is 368 g/mol. The van der Waals surface area contributed by atoms with Gasteiger partial charge in [0, 0.05) is 18.8 Å².